The molecule has 0 radical (unpaired) electrons. The Morgan fingerprint density at radius 3 is 2.45 bits per heavy atom. The van der Waals surface area contributed by atoms with E-state index in [0.717, 1.165) is 5.56 Å². The van der Waals surface area contributed by atoms with Crippen molar-refractivity contribution in [3.8, 4) is 0 Å². The van der Waals surface area contributed by atoms with Crippen molar-refractivity contribution in [2.24, 2.45) is 11.7 Å². The maximum Gasteiger partial charge on any atom is 0.240 e. The molecular weight excluding hydrogens is 454 g/mol. The zero-order chi connectivity index (χ0) is 24.5. The topological polar surface area (TPSA) is 180 Å². The number of carbonyl (C=O) groups excluding carboxylic acids is 3. The van der Waals surface area contributed by atoms with Gasteiger partial charge >= 0.3 is 0 Å². The van der Waals surface area contributed by atoms with Crippen molar-refractivity contribution in [2.75, 3.05) is 19.0 Å². The largest absolute Gasteiger partial charge is 0.394 e. The number of nitrogens with two attached hydrogens (primary N) is 1. The van der Waals surface area contributed by atoms with Crippen LogP contribution in [0.4, 0.5) is 0 Å². The van der Waals surface area contributed by atoms with Crippen molar-refractivity contribution < 1.29 is 39.2 Å². The van der Waals surface area contributed by atoms with Gasteiger partial charge in [-0.05, 0) is 5.56 Å². The number of hydrogen-bond acceptors (Lipinski definition) is 9. The van der Waals surface area contributed by atoms with Crippen LogP contribution >= 0.6 is 12.6 Å². The molecule has 0 aliphatic carbocycles. The van der Waals surface area contributed by atoms with Crippen LogP contribution in [0.25, 0.3) is 0 Å². The van der Waals surface area contributed by atoms with Crippen LogP contribution in [0, 0.1) is 5.92 Å². The Morgan fingerprint density at radius 1 is 1.21 bits per heavy atom. The molecule has 1 saturated heterocycles. The van der Waals surface area contributed by atoms with Gasteiger partial charge in [0, 0.05) is 6.42 Å². The smallest absolute Gasteiger partial charge is 0.240 e. The van der Waals surface area contributed by atoms with Crippen LogP contribution in [0.1, 0.15) is 12.5 Å². The Labute approximate surface area is 197 Å². The van der Waals surface area contributed by atoms with Crippen molar-refractivity contribution in [1.82, 2.24) is 10.6 Å². The molecule has 1 aliphatic heterocycles. The van der Waals surface area contributed by atoms with Crippen LogP contribution in [0.5, 0.6) is 0 Å². The number of rotatable bonds is 11. The first-order valence-corrected chi connectivity index (χ1v) is 11.1. The molecular formula is C21H31N3O8S. The monoisotopic (exact) mass is 485 g/mol. The molecule has 0 saturated carbocycles. The van der Waals surface area contributed by atoms with Gasteiger partial charge < -0.3 is 41.2 Å². The lowest BCUT2D eigenvalue weighted by atomic mass is 9.97. The second-order valence-corrected chi connectivity index (χ2v) is 8.16. The fourth-order valence-electron chi connectivity index (χ4n) is 3.31. The summed E-state index contributed by atoms with van der Waals surface area (Å²) in [5, 5.41) is 34.9. The minimum atomic E-state index is -1.49. The van der Waals surface area contributed by atoms with E-state index in [2.05, 4.69) is 23.3 Å². The summed E-state index contributed by atoms with van der Waals surface area (Å²) in [6.45, 7) is 0.748. The lowest BCUT2D eigenvalue weighted by Crippen LogP contribution is -2.65. The third kappa shape index (κ3) is 7.66. The van der Waals surface area contributed by atoms with E-state index in [0.29, 0.717) is 0 Å². The molecule has 7 N–H and O–H groups in total. The average Bonchev–Trinajstić information content (AvgIpc) is 2.81. The maximum absolute atomic E-state index is 12.6. The predicted molar refractivity (Wildman–Crippen MR) is 120 cm³/mol. The van der Waals surface area contributed by atoms with E-state index in [-0.39, 0.29) is 18.8 Å². The highest BCUT2D eigenvalue weighted by Crippen LogP contribution is 2.23. The van der Waals surface area contributed by atoms with Crippen molar-refractivity contribution >= 4 is 30.4 Å². The predicted octanol–water partition coefficient (Wildman–Crippen LogP) is -2.29. The van der Waals surface area contributed by atoms with E-state index in [1.807, 2.05) is 30.3 Å². The number of amides is 3. The molecule has 0 bridgehead atoms. The first-order chi connectivity index (χ1) is 15.7. The van der Waals surface area contributed by atoms with E-state index >= 15 is 0 Å². The van der Waals surface area contributed by atoms with Crippen LogP contribution in [-0.2, 0) is 30.3 Å². The fraction of sp³-hybridized carbons (Fsp3) is 0.571. The third-order valence-electron chi connectivity index (χ3n) is 5.25. The summed E-state index contributed by atoms with van der Waals surface area (Å²) < 4.78 is 11.1. The molecule has 1 aromatic rings. The first kappa shape index (κ1) is 27.0. The summed E-state index contributed by atoms with van der Waals surface area (Å²) in [4.78, 5) is 36.2. The highest BCUT2D eigenvalue weighted by molar-refractivity contribution is 7.81. The zero-order valence-electron chi connectivity index (χ0n) is 18.2. The van der Waals surface area contributed by atoms with Crippen LogP contribution in [0.3, 0.4) is 0 Å². The maximum atomic E-state index is 12.6. The lowest BCUT2D eigenvalue weighted by molar-refractivity contribution is -0.271. The second-order valence-electron chi connectivity index (χ2n) is 7.85. The summed E-state index contributed by atoms with van der Waals surface area (Å²) in [7, 11) is 0. The number of thiol groups is 1. The zero-order valence-corrected chi connectivity index (χ0v) is 19.1. The van der Waals surface area contributed by atoms with E-state index in [4.69, 9.17) is 15.2 Å². The second kappa shape index (κ2) is 12.9. The molecule has 2 rings (SSSR count). The molecule has 33 heavy (non-hydrogen) atoms. The van der Waals surface area contributed by atoms with Crippen molar-refractivity contribution in [3.05, 3.63) is 35.9 Å². The first-order valence-electron chi connectivity index (χ1n) is 10.5. The Hall–Kier alpha value is -2.22. The molecule has 1 aliphatic rings. The highest BCUT2D eigenvalue weighted by Gasteiger charge is 2.45. The molecule has 1 fully saturated rings. The minimum absolute atomic E-state index is 0.176. The van der Waals surface area contributed by atoms with Gasteiger partial charge in [0.1, 0.15) is 30.4 Å². The molecule has 11 nitrogen and oxygen atoms in total. The number of hydrogen-bond donors (Lipinski definition) is 7. The van der Waals surface area contributed by atoms with Gasteiger partial charge in [-0.1, -0.05) is 37.3 Å². The van der Waals surface area contributed by atoms with Gasteiger partial charge in [-0.2, -0.15) is 12.6 Å². The standard InChI is InChI=1S/C21H31N3O8S/c1-11(20(30)23-13(19(22)29)7-12-5-3-2-4-6-12)9-31-21-16(24-15(26)10-33)18(28)17(27)14(8-25)32-21/h2-6,11,13-14,16-18,21,25,27-28,33H,7-10H2,1H3,(H2,22,29)(H,23,30)(H,24,26)/t11-,13-,14?,16+,17-,18+,21?/m0/s1. The summed E-state index contributed by atoms with van der Waals surface area (Å²) in [6.07, 6.45) is -5.13. The average molecular weight is 486 g/mol. The minimum Gasteiger partial charge on any atom is -0.394 e. The summed E-state index contributed by atoms with van der Waals surface area (Å²) in [6, 6.07) is 6.99. The van der Waals surface area contributed by atoms with Crippen LogP contribution in [0.15, 0.2) is 30.3 Å². The van der Waals surface area contributed by atoms with Gasteiger partial charge in [0.25, 0.3) is 0 Å². The van der Waals surface area contributed by atoms with E-state index < -0.39 is 66.9 Å². The molecule has 1 heterocycles. The lowest BCUT2D eigenvalue weighted by Gasteiger charge is -2.42. The Morgan fingerprint density at radius 2 is 1.88 bits per heavy atom. The molecule has 2 unspecified atom stereocenters. The van der Waals surface area contributed by atoms with Gasteiger partial charge in [0.2, 0.25) is 17.7 Å². The Kier molecular flexibility index (Phi) is 10.5. The summed E-state index contributed by atoms with van der Waals surface area (Å²) in [5.74, 6) is -2.66. The highest BCUT2D eigenvalue weighted by atomic mass is 32.1. The van der Waals surface area contributed by atoms with Crippen LogP contribution < -0.4 is 16.4 Å². The number of aliphatic hydroxyl groups is 3. The number of ether oxygens (including phenoxy) is 2. The quantitative estimate of drug-likeness (QED) is 0.171. The van der Waals surface area contributed by atoms with E-state index in [1.165, 1.54) is 0 Å². The third-order valence-corrected chi connectivity index (χ3v) is 5.54. The van der Waals surface area contributed by atoms with Gasteiger partial charge in [0.05, 0.1) is 24.9 Å². The van der Waals surface area contributed by atoms with Crippen molar-refractivity contribution in [2.45, 2.75) is 50.0 Å². The number of nitrogens with one attached hydrogen (secondary N) is 2. The van der Waals surface area contributed by atoms with Crippen molar-refractivity contribution in [1.29, 1.82) is 0 Å². The van der Waals surface area contributed by atoms with E-state index in [1.54, 1.807) is 6.92 Å². The molecule has 184 valence electrons. The van der Waals surface area contributed by atoms with Crippen LogP contribution in [0.2, 0.25) is 0 Å². The van der Waals surface area contributed by atoms with E-state index in [9.17, 15) is 29.7 Å². The van der Waals surface area contributed by atoms with Gasteiger partial charge in [-0.15, -0.1) is 0 Å². The molecule has 12 heteroatoms. The van der Waals surface area contributed by atoms with Crippen LogP contribution in [-0.4, -0.2) is 88.7 Å². The van der Waals surface area contributed by atoms with Crippen molar-refractivity contribution in [3.63, 3.8) is 0 Å². The fourth-order valence-corrected chi connectivity index (χ4v) is 3.40. The Balaban J connectivity index is 2.00. The summed E-state index contributed by atoms with van der Waals surface area (Å²) >= 11 is 3.86. The van der Waals surface area contributed by atoms with Gasteiger partial charge in [-0.25, -0.2) is 0 Å². The Bertz CT molecular complexity index is 799. The molecule has 0 aromatic heterocycles. The normalized spacial score (nSPS) is 26.8. The molecule has 1 aromatic carbocycles. The molecule has 3 amide bonds. The van der Waals surface area contributed by atoms with Gasteiger partial charge in [-0.3, -0.25) is 14.4 Å². The van der Waals surface area contributed by atoms with Gasteiger partial charge in [0.15, 0.2) is 6.29 Å². The molecule has 7 atom stereocenters. The number of aliphatic hydroxyl groups excluding tert-OH is 3. The number of primary amides is 1. The SMILES string of the molecule is C[C@@H](COC1OC(CO)[C@H](O)[C@H](O)[C@H]1NC(=O)CS)C(=O)N[C@@H](Cc1ccccc1)C(N)=O. The number of benzene rings is 1. The molecule has 0 spiro atoms. The summed E-state index contributed by atoms with van der Waals surface area (Å²) in [5.41, 5.74) is 6.26. The number of carbonyl (C=O) groups is 3.